The van der Waals surface area contributed by atoms with Crippen LogP contribution in [-0.2, 0) is 14.3 Å². The number of esters is 1. The molecule has 34 heavy (non-hydrogen) atoms. The quantitative estimate of drug-likeness (QED) is 0.0953. The standard InChI is InChI=1S/C29H57NO4/c1-3-4-5-6-7-8-9-10-11-12-13-14-15-16-17-18-19-20-21-22-23-24-26(2)34-29(33)27(30)25-28(31)32/h26-27H,3-25,30H2,1-2H3,(H,31,32)/t26?,27-/m0/s1. The fourth-order valence-corrected chi connectivity index (χ4v) is 4.48. The van der Waals surface area contributed by atoms with Gasteiger partial charge in [0.15, 0.2) is 0 Å². The van der Waals surface area contributed by atoms with Gasteiger partial charge in [0, 0.05) is 0 Å². The molecule has 1 unspecified atom stereocenters. The van der Waals surface area contributed by atoms with E-state index in [1.165, 1.54) is 122 Å². The lowest BCUT2D eigenvalue weighted by atomic mass is 10.0. The van der Waals surface area contributed by atoms with E-state index in [-0.39, 0.29) is 12.5 Å². The third kappa shape index (κ3) is 24.0. The van der Waals surface area contributed by atoms with Crippen molar-refractivity contribution in [2.24, 2.45) is 5.73 Å². The molecule has 3 N–H and O–H groups in total. The molecule has 0 aromatic heterocycles. The zero-order valence-electron chi connectivity index (χ0n) is 22.7. The van der Waals surface area contributed by atoms with E-state index < -0.39 is 18.0 Å². The SMILES string of the molecule is CCCCCCCCCCCCCCCCCCCCCCCC(C)OC(=O)[C@@H](N)CC(=O)O. The van der Waals surface area contributed by atoms with E-state index in [1.54, 1.807) is 0 Å². The Bertz CT molecular complexity index is 469. The molecule has 0 aliphatic carbocycles. The van der Waals surface area contributed by atoms with E-state index >= 15 is 0 Å². The van der Waals surface area contributed by atoms with Crippen LogP contribution in [0.15, 0.2) is 0 Å². The van der Waals surface area contributed by atoms with Crippen LogP contribution >= 0.6 is 0 Å². The minimum Gasteiger partial charge on any atom is -0.481 e. The lowest BCUT2D eigenvalue weighted by Crippen LogP contribution is -2.36. The average Bonchev–Trinajstić information content (AvgIpc) is 2.79. The highest BCUT2D eigenvalue weighted by molar-refractivity contribution is 5.81. The number of carboxylic acids is 1. The van der Waals surface area contributed by atoms with Crippen LogP contribution in [0.2, 0.25) is 0 Å². The van der Waals surface area contributed by atoms with Gasteiger partial charge < -0.3 is 15.6 Å². The minimum absolute atomic E-state index is 0.201. The zero-order valence-corrected chi connectivity index (χ0v) is 22.7. The summed E-state index contributed by atoms with van der Waals surface area (Å²) in [5.41, 5.74) is 5.52. The zero-order chi connectivity index (χ0) is 25.3. The van der Waals surface area contributed by atoms with E-state index in [0.717, 1.165) is 19.3 Å². The third-order valence-corrected chi connectivity index (χ3v) is 6.73. The minimum atomic E-state index is -1.08. The molecule has 0 bridgehead atoms. The van der Waals surface area contributed by atoms with Crippen molar-refractivity contribution in [2.75, 3.05) is 0 Å². The lowest BCUT2D eigenvalue weighted by Gasteiger charge is -2.15. The number of carbonyl (C=O) groups excluding carboxylic acids is 1. The first-order valence-electron chi connectivity index (χ1n) is 14.6. The Hall–Kier alpha value is -1.10. The van der Waals surface area contributed by atoms with Gasteiger partial charge in [-0.25, -0.2) is 0 Å². The van der Waals surface area contributed by atoms with Gasteiger partial charge in [0.1, 0.15) is 6.04 Å². The Kier molecular flexibility index (Phi) is 24.2. The van der Waals surface area contributed by atoms with Crippen molar-refractivity contribution in [3.8, 4) is 0 Å². The Labute approximate surface area is 211 Å². The number of carboxylic acid groups (broad SMARTS) is 1. The first-order chi connectivity index (χ1) is 16.5. The van der Waals surface area contributed by atoms with Gasteiger partial charge in [-0.05, 0) is 19.8 Å². The topological polar surface area (TPSA) is 89.6 Å². The molecule has 5 nitrogen and oxygen atoms in total. The van der Waals surface area contributed by atoms with Gasteiger partial charge >= 0.3 is 11.9 Å². The lowest BCUT2D eigenvalue weighted by molar-refractivity contribution is -0.153. The number of rotatable bonds is 26. The highest BCUT2D eigenvalue weighted by Crippen LogP contribution is 2.16. The first-order valence-corrected chi connectivity index (χ1v) is 14.6. The molecule has 0 heterocycles. The van der Waals surface area contributed by atoms with Crippen LogP contribution in [0.1, 0.15) is 162 Å². The number of hydrogen-bond acceptors (Lipinski definition) is 4. The second-order valence-electron chi connectivity index (χ2n) is 10.3. The highest BCUT2D eigenvalue weighted by atomic mass is 16.5. The summed E-state index contributed by atoms with van der Waals surface area (Å²) in [4.78, 5) is 22.3. The Balaban J connectivity index is 3.25. The van der Waals surface area contributed by atoms with Crippen molar-refractivity contribution in [1.29, 1.82) is 0 Å². The smallest absolute Gasteiger partial charge is 0.323 e. The van der Waals surface area contributed by atoms with E-state index in [2.05, 4.69) is 6.92 Å². The Morgan fingerprint density at radius 2 is 0.971 bits per heavy atom. The normalized spacial score (nSPS) is 13.0. The largest absolute Gasteiger partial charge is 0.481 e. The molecule has 0 saturated carbocycles. The molecule has 2 atom stereocenters. The van der Waals surface area contributed by atoms with Gasteiger partial charge in [0.2, 0.25) is 0 Å². The summed E-state index contributed by atoms with van der Waals surface area (Å²) in [5, 5.41) is 8.67. The molecule has 202 valence electrons. The number of carbonyl (C=O) groups is 2. The van der Waals surface area contributed by atoms with Gasteiger partial charge in [0.05, 0.1) is 12.5 Å². The molecule has 0 saturated heterocycles. The van der Waals surface area contributed by atoms with Crippen LogP contribution in [0, 0.1) is 0 Å². The van der Waals surface area contributed by atoms with Crippen molar-refractivity contribution in [3.63, 3.8) is 0 Å². The van der Waals surface area contributed by atoms with Gasteiger partial charge in [-0.3, -0.25) is 9.59 Å². The van der Waals surface area contributed by atoms with Crippen LogP contribution in [0.5, 0.6) is 0 Å². The van der Waals surface area contributed by atoms with Gasteiger partial charge in [-0.15, -0.1) is 0 Å². The molecule has 0 amide bonds. The Morgan fingerprint density at radius 3 is 1.29 bits per heavy atom. The molecular formula is C29H57NO4. The molecule has 0 radical (unpaired) electrons. The summed E-state index contributed by atoms with van der Waals surface area (Å²) in [7, 11) is 0. The summed E-state index contributed by atoms with van der Waals surface area (Å²) in [6, 6.07) is -1.07. The second kappa shape index (κ2) is 25.0. The van der Waals surface area contributed by atoms with E-state index in [0.29, 0.717) is 0 Å². The second-order valence-corrected chi connectivity index (χ2v) is 10.3. The van der Waals surface area contributed by atoms with Crippen LogP contribution in [-0.4, -0.2) is 29.2 Å². The van der Waals surface area contributed by atoms with Crippen molar-refractivity contribution < 1.29 is 19.4 Å². The van der Waals surface area contributed by atoms with Crippen molar-refractivity contribution >= 4 is 11.9 Å². The predicted molar refractivity (Wildman–Crippen MR) is 143 cm³/mol. The monoisotopic (exact) mass is 483 g/mol. The maximum atomic E-state index is 11.7. The average molecular weight is 484 g/mol. The fourth-order valence-electron chi connectivity index (χ4n) is 4.48. The first kappa shape index (κ1) is 32.9. The summed E-state index contributed by atoms with van der Waals surface area (Å²) >= 11 is 0. The van der Waals surface area contributed by atoms with E-state index in [1.807, 2.05) is 6.92 Å². The summed E-state index contributed by atoms with van der Waals surface area (Å²) < 4.78 is 5.23. The molecule has 0 aromatic carbocycles. The number of hydrogen-bond donors (Lipinski definition) is 2. The van der Waals surface area contributed by atoms with Gasteiger partial charge in [0.25, 0.3) is 0 Å². The van der Waals surface area contributed by atoms with E-state index in [4.69, 9.17) is 15.6 Å². The van der Waals surface area contributed by atoms with Gasteiger partial charge in [-0.1, -0.05) is 135 Å². The number of unbranched alkanes of at least 4 members (excludes halogenated alkanes) is 20. The van der Waals surface area contributed by atoms with Crippen LogP contribution in [0.3, 0.4) is 0 Å². The summed E-state index contributed by atoms with van der Waals surface area (Å²) in [6.07, 6.45) is 28.9. The molecule has 0 aromatic rings. The number of nitrogens with two attached hydrogens (primary N) is 1. The maximum Gasteiger partial charge on any atom is 0.323 e. The van der Waals surface area contributed by atoms with Crippen LogP contribution in [0.25, 0.3) is 0 Å². The molecular weight excluding hydrogens is 426 g/mol. The Morgan fingerprint density at radius 1 is 0.647 bits per heavy atom. The van der Waals surface area contributed by atoms with Crippen molar-refractivity contribution in [2.45, 2.75) is 174 Å². The number of ether oxygens (including phenoxy) is 1. The van der Waals surface area contributed by atoms with Crippen molar-refractivity contribution in [3.05, 3.63) is 0 Å². The maximum absolute atomic E-state index is 11.7. The third-order valence-electron chi connectivity index (χ3n) is 6.73. The van der Waals surface area contributed by atoms with Gasteiger partial charge in [-0.2, -0.15) is 0 Å². The summed E-state index contributed by atoms with van der Waals surface area (Å²) in [5.74, 6) is -1.69. The number of aliphatic carboxylic acids is 1. The van der Waals surface area contributed by atoms with E-state index in [9.17, 15) is 9.59 Å². The molecule has 0 spiro atoms. The van der Waals surface area contributed by atoms with Crippen molar-refractivity contribution in [1.82, 2.24) is 0 Å². The molecule has 0 fully saturated rings. The van der Waals surface area contributed by atoms with Crippen LogP contribution < -0.4 is 5.73 Å². The molecule has 0 aliphatic heterocycles. The molecule has 5 heteroatoms. The predicted octanol–water partition coefficient (Wildman–Crippen LogP) is 8.32. The molecule has 0 rings (SSSR count). The van der Waals surface area contributed by atoms with Crippen LogP contribution in [0.4, 0.5) is 0 Å². The fraction of sp³-hybridized carbons (Fsp3) is 0.931. The molecule has 0 aliphatic rings. The summed E-state index contributed by atoms with van der Waals surface area (Å²) in [6.45, 7) is 4.13. The highest BCUT2D eigenvalue weighted by Gasteiger charge is 2.20.